The van der Waals surface area contributed by atoms with E-state index in [1.54, 1.807) is 24.3 Å². The Morgan fingerprint density at radius 2 is 1.72 bits per heavy atom. The molecule has 0 radical (unpaired) electrons. The molecule has 0 atom stereocenters. The number of carbonyl (C=O) groups excluding carboxylic acids is 1. The summed E-state index contributed by atoms with van der Waals surface area (Å²) in [7, 11) is 0. The number of benzene rings is 2. The Labute approximate surface area is 146 Å². The topological polar surface area (TPSA) is 71.7 Å². The van der Waals surface area contributed by atoms with Gasteiger partial charge in [-0.2, -0.15) is 0 Å². The van der Waals surface area contributed by atoms with Crippen molar-refractivity contribution in [3.8, 4) is 17.2 Å². The van der Waals surface area contributed by atoms with E-state index in [1.165, 1.54) is 6.92 Å². The Hall–Kier alpha value is -2.95. The molecule has 3 aromatic rings. The highest BCUT2D eigenvalue weighted by atomic mass is 16.5. The van der Waals surface area contributed by atoms with Crippen molar-refractivity contribution in [3.63, 3.8) is 0 Å². The van der Waals surface area contributed by atoms with Crippen molar-refractivity contribution in [1.29, 1.82) is 0 Å². The van der Waals surface area contributed by atoms with Gasteiger partial charge in [-0.15, -0.1) is 0 Å². The van der Waals surface area contributed by atoms with Crippen LogP contribution in [0.5, 0.6) is 17.2 Å². The first-order chi connectivity index (χ1) is 11.9. The lowest BCUT2D eigenvalue weighted by Crippen LogP contribution is -2.09. The van der Waals surface area contributed by atoms with Crippen LogP contribution >= 0.6 is 0 Å². The lowest BCUT2D eigenvalue weighted by atomic mass is 10.1. The lowest BCUT2D eigenvalue weighted by molar-refractivity contribution is -0.131. The minimum Gasteiger partial charge on any atom is -0.508 e. The fourth-order valence-electron chi connectivity index (χ4n) is 3.11. The van der Waals surface area contributed by atoms with Gasteiger partial charge in [0.05, 0.1) is 11.2 Å². The van der Waals surface area contributed by atoms with E-state index in [1.807, 2.05) is 32.0 Å². The van der Waals surface area contributed by atoms with Gasteiger partial charge in [0.25, 0.3) is 0 Å². The fourth-order valence-corrected chi connectivity index (χ4v) is 3.11. The summed E-state index contributed by atoms with van der Waals surface area (Å²) in [6.07, 6.45) is 0. The number of hydrogen-bond acceptors (Lipinski definition) is 4. The van der Waals surface area contributed by atoms with E-state index in [9.17, 15) is 15.0 Å². The Balaban J connectivity index is 2.23. The van der Waals surface area contributed by atoms with E-state index in [2.05, 4.69) is 4.57 Å². The third kappa shape index (κ3) is 3.31. The lowest BCUT2D eigenvalue weighted by Gasteiger charge is -2.15. The zero-order chi connectivity index (χ0) is 18.1. The van der Waals surface area contributed by atoms with E-state index in [4.69, 9.17) is 4.74 Å². The summed E-state index contributed by atoms with van der Waals surface area (Å²) in [5.74, 6) is 0.552. The first kappa shape index (κ1) is 16.9. The molecule has 2 aromatic carbocycles. The maximum Gasteiger partial charge on any atom is 0.308 e. The van der Waals surface area contributed by atoms with E-state index in [0.717, 1.165) is 16.8 Å². The van der Waals surface area contributed by atoms with Gasteiger partial charge in [-0.1, -0.05) is 26.0 Å². The second-order valence-electron chi connectivity index (χ2n) is 6.42. The van der Waals surface area contributed by atoms with Crippen LogP contribution in [0.2, 0.25) is 0 Å². The maximum atomic E-state index is 11.6. The summed E-state index contributed by atoms with van der Waals surface area (Å²) in [6.45, 7) is 6.01. The zero-order valence-corrected chi connectivity index (χ0v) is 14.5. The van der Waals surface area contributed by atoms with Crippen molar-refractivity contribution in [2.45, 2.75) is 33.2 Å². The summed E-state index contributed by atoms with van der Waals surface area (Å²) in [5.41, 5.74) is 2.79. The molecule has 25 heavy (non-hydrogen) atoms. The van der Waals surface area contributed by atoms with Gasteiger partial charge in [0.2, 0.25) is 0 Å². The highest BCUT2D eigenvalue weighted by Gasteiger charge is 2.22. The Morgan fingerprint density at radius 3 is 2.32 bits per heavy atom. The molecule has 2 N–H and O–H groups in total. The molecule has 0 bridgehead atoms. The molecule has 3 rings (SSSR count). The van der Waals surface area contributed by atoms with Crippen LogP contribution in [0.4, 0.5) is 0 Å². The minimum atomic E-state index is -0.395. The molecule has 0 aliphatic rings. The van der Waals surface area contributed by atoms with E-state index in [0.29, 0.717) is 17.7 Å². The van der Waals surface area contributed by atoms with Crippen LogP contribution in [0.25, 0.3) is 10.9 Å². The fraction of sp³-hybridized carbons (Fsp3) is 0.250. The van der Waals surface area contributed by atoms with Gasteiger partial charge in [-0.3, -0.25) is 4.79 Å². The summed E-state index contributed by atoms with van der Waals surface area (Å²) >= 11 is 0. The summed E-state index contributed by atoms with van der Waals surface area (Å²) < 4.78 is 7.59. The Bertz CT molecular complexity index is 923. The molecule has 0 saturated carbocycles. The quantitative estimate of drug-likeness (QED) is 0.701. The van der Waals surface area contributed by atoms with Crippen LogP contribution in [0.1, 0.15) is 37.9 Å². The first-order valence-corrected chi connectivity index (χ1v) is 8.18. The maximum absolute atomic E-state index is 11.6. The van der Waals surface area contributed by atoms with Crippen molar-refractivity contribution in [2.75, 3.05) is 0 Å². The number of aromatic hydroxyl groups is 2. The minimum absolute atomic E-state index is 0.112. The zero-order valence-electron chi connectivity index (χ0n) is 14.5. The number of rotatable bonds is 4. The number of hydrogen-bond donors (Lipinski definition) is 2. The second-order valence-corrected chi connectivity index (χ2v) is 6.42. The number of fused-ring (bicyclic) bond motifs is 1. The molecule has 0 unspecified atom stereocenters. The molecule has 0 aliphatic carbocycles. The van der Waals surface area contributed by atoms with Crippen molar-refractivity contribution < 1.29 is 19.7 Å². The van der Waals surface area contributed by atoms with Crippen molar-refractivity contribution in [3.05, 3.63) is 53.7 Å². The van der Waals surface area contributed by atoms with Crippen LogP contribution in [-0.4, -0.2) is 20.7 Å². The molecule has 5 heteroatoms. The molecular weight excluding hydrogens is 318 g/mol. The molecule has 1 aromatic heterocycles. The van der Waals surface area contributed by atoms with Crippen molar-refractivity contribution >= 4 is 16.9 Å². The van der Waals surface area contributed by atoms with Gasteiger partial charge in [0, 0.05) is 18.9 Å². The van der Waals surface area contributed by atoms with Crippen molar-refractivity contribution in [2.24, 2.45) is 0 Å². The predicted octanol–water partition coefficient (Wildman–Crippen LogP) is 4.15. The van der Waals surface area contributed by atoms with Crippen LogP contribution in [-0.2, 0) is 11.3 Å². The molecule has 0 saturated heterocycles. The highest BCUT2D eigenvalue weighted by molar-refractivity contribution is 5.92. The molecule has 1 heterocycles. The predicted molar refractivity (Wildman–Crippen MR) is 96.2 cm³/mol. The number of ether oxygens (including phenoxy) is 1. The molecule has 0 fully saturated rings. The second kappa shape index (κ2) is 6.51. The normalized spacial score (nSPS) is 11.2. The smallest absolute Gasteiger partial charge is 0.308 e. The first-order valence-electron chi connectivity index (χ1n) is 8.18. The SMILES string of the molecule is CC(=O)Oc1c(C(C)C)n(Cc2ccc(O)cc2)c2ccc(O)cc12. The third-order valence-corrected chi connectivity index (χ3v) is 4.11. The van der Waals surface area contributed by atoms with Gasteiger partial charge >= 0.3 is 5.97 Å². The standard InChI is InChI=1S/C20H21NO4/c1-12(2)19-20(25-13(3)22)17-10-16(24)8-9-18(17)21(19)11-14-4-6-15(23)7-5-14/h4-10,12,23-24H,11H2,1-3H3. The highest BCUT2D eigenvalue weighted by Crippen LogP contribution is 2.39. The molecule has 0 spiro atoms. The molecule has 5 nitrogen and oxygen atoms in total. The average molecular weight is 339 g/mol. The Morgan fingerprint density at radius 1 is 1.08 bits per heavy atom. The van der Waals surface area contributed by atoms with E-state index in [-0.39, 0.29) is 17.4 Å². The van der Waals surface area contributed by atoms with Gasteiger partial charge < -0.3 is 19.5 Å². The average Bonchev–Trinajstić information content (AvgIpc) is 2.82. The van der Waals surface area contributed by atoms with E-state index < -0.39 is 5.97 Å². The monoisotopic (exact) mass is 339 g/mol. The number of phenolic OH excluding ortho intramolecular Hbond substituents is 2. The number of nitrogens with zero attached hydrogens (tertiary/aromatic N) is 1. The summed E-state index contributed by atoms with van der Waals surface area (Å²) in [4.78, 5) is 11.6. The van der Waals surface area contributed by atoms with Gasteiger partial charge in [0.15, 0.2) is 5.75 Å². The third-order valence-electron chi connectivity index (χ3n) is 4.11. The Kier molecular flexibility index (Phi) is 4.40. The summed E-state index contributed by atoms with van der Waals surface area (Å²) in [5, 5.41) is 20.1. The number of carbonyl (C=O) groups is 1. The van der Waals surface area contributed by atoms with Gasteiger partial charge in [-0.05, 0) is 41.8 Å². The van der Waals surface area contributed by atoms with Gasteiger partial charge in [-0.25, -0.2) is 0 Å². The number of phenols is 2. The van der Waals surface area contributed by atoms with Crippen LogP contribution < -0.4 is 4.74 Å². The number of esters is 1. The number of aromatic nitrogens is 1. The van der Waals surface area contributed by atoms with Crippen LogP contribution in [0.15, 0.2) is 42.5 Å². The molecular formula is C20H21NO4. The molecule has 0 aliphatic heterocycles. The van der Waals surface area contributed by atoms with Crippen LogP contribution in [0, 0.1) is 0 Å². The van der Waals surface area contributed by atoms with Gasteiger partial charge in [0.1, 0.15) is 11.5 Å². The molecule has 0 amide bonds. The van der Waals surface area contributed by atoms with Crippen molar-refractivity contribution in [1.82, 2.24) is 4.57 Å². The molecule has 130 valence electrons. The largest absolute Gasteiger partial charge is 0.508 e. The van der Waals surface area contributed by atoms with E-state index >= 15 is 0 Å². The summed E-state index contributed by atoms with van der Waals surface area (Å²) in [6, 6.07) is 12.1. The van der Waals surface area contributed by atoms with Crippen LogP contribution in [0.3, 0.4) is 0 Å².